The number of nitrogens with two attached hydrogens (primary N) is 2. The van der Waals surface area contributed by atoms with Gasteiger partial charge < -0.3 is 16.8 Å². The lowest BCUT2D eigenvalue weighted by molar-refractivity contribution is -0.384. The number of carbonyl (C=O) groups is 1. The largest absolute Gasteiger partial charge is 0.384 e. The van der Waals surface area contributed by atoms with Gasteiger partial charge in [0.05, 0.1) is 21.6 Å². The quantitative estimate of drug-likeness (QED) is 0.415. The Hall–Kier alpha value is -2.99. The summed E-state index contributed by atoms with van der Waals surface area (Å²) in [4.78, 5) is 22.0. The van der Waals surface area contributed by atoms with Crippen LogP contribution < -0.4 is 16.8 Å². The van der Waals surface area contributed by atoms with E-state index in [9.17, 15) is 20.2 Å². The number of nitro benzene ring substituents is 1. The first kappa shape index (κ1) is 15.4. The second-order valence-corrected chi connectivity index (χ2v) is 5.07. The Bertz CT molecular complexity index is 735. The van der Waals surface area contributed by atoms with Gasteiger partial charge in [-0.25, -0.2) is 0 Å². The molecule has 0 aromatic heterocycles. The van der Waals surface area contributed by atoms with Crippen LogP contribution in [0.1, 0.15) is 11.5 Å². The third-order valence-electron chi connectivity index (χ3n) is 3.36. The molecular weight excluding hydrogens is 306 g/mol. The molecule has 0 saturated carbocycles. The molecule has 1 aromatic rings. The van der Waals surface area contributed by atoms with Gasteiger partial charge in [-0.1, -0.05) is 24.4 Å². The van der Waals surface area contributed by atoms with Crippen molar-refractivity contribution < 1.29 is 9.72 Å². The summed E-state index contributed by atoms with van der Waals surface area (Å²) in [5.41, 5.74) is 11.6. The zero-order chi connectivity index (χ0) is 16.4. The van der Waals surface area contributed by atoms with Crippen molar-refractivity contribution in [3.05, 3.63) is 51.3 Å². The number of nitrogens with one attached hydrogen (secondary N) is 1. The Balaban J connectivity index is 2.57. The van der Waals surface area contributed by atoms with E-state index in [2.05, 4.69) is 5.32 Å². The number of amides is 1. The van der Waals surface area contributed by atoms with Crippen LogP contribution in [0, 0.1) is 27.4 Å². The molecule has 5 N–H and O–H groups in total. The summed E-state index contributed by atoms with van der Waals surface area (Å²) in [6.07, 6.45) is 0. The number of benzene rings is 1. The summed E-state index contributed by atoms with van der Waals surface area (Å²) >= 11 is 5.08. The highest BCUT2D eigenvalue weighted by atomic mass is 32.1. The van der Waals surface area contributed by atoms with E-state index in [1.165, 1.54) is 24.3 Å². The Morgan fingerprint density at radius 3 is 2.45 bits per heavy atom. The molecule has 0 spiro atoms. The van der Waals surface area contributed by atoms with E-state index in [1.807, 2.05) is 6.07 Å². The van der Waals surface area contributed by atoms with E-state index in [0.717, 1.165) is 0 Å². The summed E-state index contributed by atoms with van der Waals surface area (Å²) in [5, 5.41) is 22.6. The predicted octanol–water partition coefficient (Wildman–Crippen LogP) is 0.404. The maximum absolute atomic E-state index is 11.7. The molecule has 22 heavy (non-hydrogen) atoms. The normalized spacial score (nSPS) is 21.0. The number of non-ortho nitro benzene ring substituents is 1. The van der Waals surface area contributed by atoms with Gasteiger partial charge in [-0.3, -0.25) is 14.9 Å². The monoisotopic (exact) mass is 317 g/mol. The van der Waals surface area contributed by atoms with E-state index in [0.29, 0.717) is 5.56 Å². The third-order valence-corrected chi connectivity index (χ3v) is 3.72. The van der Waals surface area contributed by atoms with Gasteiger partial charge in [0.25, 0.3) is 5.69 Å². The van der Waals surface area contributed by atoms with Gasteiger partial charge in [-0.05, 0) is 5.56 Å². The number of primary amides is 1. The fraction of sp³-hybridized carbons (Fsp3) is 0.154. The number of rotatable bonds is 3. The number of hydrogen-bond donors (Lipinski definition) is 3. The van der Waals surface area contributed by atoms with Gasteiger partial charge in [0.2, 0.25) is 5.91 Å². The summed E-state index contributed by atoms with van der Waals surface area (Å²) in [6.45, 7) is 0. The number of allylic oxidation sites excluding steroid dienone is 1. The second-order valence-electron chi connectivity index (χ2n) is 4.63. The first-order chi connectivity index (χ1) is 10.4. The standard InChI is InChI=1S/C13H11N5O3S/c14-5-8-9(6-1-3-7(4-2-6)18(20)21)10(12(16)19)13(22)17-11(8)15/h1-4,9-10H,15H2,(H2,16,19)(H,17,22)/t9-,10+/m1/s1. The summed E-state index contributed by atoms with van der Waals surface area (Å²) in [7, 11) is 0. The lowest BCUT2D eigenvalue weighted by Gasteiger charge is -2.31. The number of nitriles is 1. The fourth-order valence-corrected chi connectivity index (χ4v) is 2.71. The maximum Gasteiger partial charge on any atom is 0.269 e. The van der Waals surface area contributed by atoms with E-state index < -0.39 is 22.7 Å². The molecule has 1 heterocycles. The number of carbonyl (C=O) groups excluding carboxylic acids is 1. The molecule has 8 nitrogen and oxygen atoms in total. The average Bonchev–Trinajstić information content (AvgIpc) is 2.46. The van der Waals surface area contributed by atoms with Crippen molar-refractivity contribution in [3.63, 3.8) is 0 Å². The lowest BCUT2D eigenvalue weighted by atomic mass is 9.78. The zero-order valence-corrected chi connectivity index (χ0v) is 12.0. The van der Waals surface area contributed by atoms with Gasteiger partial charge in [-0.2, -0.15) is 5.26 Å². The minimum absolute atomic E-state index is 0.0494. The molecule has 1 aromatic carbocycles. The van der Waals surface area contributed by atoms with Crippen molar-refractivity contribution in [1.29, 1.82) is 5.26 Å². The van der Waals surface area contributed by atoms with Crippen LogP contribution >= 0.6 is 12.2 Å². The summed E-state index contributed by atoms with van der Waals surface area (Å²) < 4.78 is 0. The number of nitrogens with zero attached hydrogens (tertiary/aromatic N) is 2. The molecule has 1 aliphatic rings. The van der Waals surface area contributed by atoms with Gasteiger partial charge in [-0.15, -0.1) is 0 Å². The molecular formula is C13H11N5O3S. The van der Waals surface area contributed by atoms with Crippen LogP contribution in [-0.2, 0) is 4.79 Å². The van der Waals surface area contributed by atoms with E-state index >= 15 is 0 Å². The van der Waals surface area contributed by atoms with Crippen molar-refractivity contribution in [2.24, 2.45) is 17.4 Å². The lowest BCUT2D eigenvalue weighted by Crippen LogP contribution is -2.47. The van der Waals surface area contributed by atoms with Crippen LogP contribution in [0.15, 0.2) is 35.7 Å². The van der Waals surface area contributed by atoms with Gasteiger partial charge >= 0.3 is 0 Å². The molecule has 0 aliphatic carbocycles. The zero-order valence-electron chi connectivity index (χ0n) is 11.1. The van der Waals surface area contributed by atoms with E-state index in [1.54, 1.807) is 0 Å². The molecule has 0 bridgehead atoms. The SMILES string of the molecule is N#CC1=C(N)NC(=S)[C@H](C(N)=O)[C@@H]1c1ccc([N+](=O)[O-])cc1. The first-order valence-corrected chi connectivity index (χ1v) is 6.52. The summed E-state index contributed by atoms with van der Waals surface area (Å²) in [5.74, 6) is -2.37. The highest BCUT2D eigenvalue weighted by molar-refractivity contribution is 7.80. The molecule has 1 amide bonds. The van der Waals surface area contributed by atoms with Gasteiger partial charge in [0.1, 0.15) is 11.7 Å². The molecule has 0 fully saturated rings. The predicted molar refractivity (Wildman–Crippen MR) is 81.1 cm³/mol. The highest BCUT2D eigenvalue weighted by Gasteiger charge is 2.39. The van der Waals surface area contributed by atoms with Crippen LogP contribution in [0.3, 0.4) is 0 Å². The smallest absolute Gasteiger partial charge is 0.269 e. The van der Waals surface area contributed by atoms with E-state index in [-0.39, 0.29) is 22.1 Å². The molecule has 2 atom stereocenters. The third kappa shape index (κ3) is 2.59. The molecule has 0 radical (unpaired) electrons. The molecule has 0 saturated heterocycles. The van der Waals surface area contributed by atoms with Crippen LogP contribution in [0.25, 0.3) is 0 Å². The molecule has 1 aliphatic heterocycles. The number of hydrogen-bond acceptors (Lipinski definition) is 6. The highest BCUT2D eigenvalue weighted by Crippen LogP contribution is 2.36. The van der Waals surface area contributed by atoms with Crippen molar-refractivity contribution in [2.45, 2.75) is 5.92 Å². The Morgan fingerprint density at radius 1 is 1.41 bits per heavy atom. The maximum atomic E-state index is 11.7. The molecule has 0 unspecified atom stereocenters. The Morgan fingerprint density at radius 2 is 2.00 bits per heavy atom. The van der Waals surface area contributed by atoms with Crippen LogP contribution in [0.2, 0.25) is 0 Å². The van der Waals surface area contributed by atoms with Crippen molar-refractivity contribution in [1.82, 2.24) is 5.32 Å². The first-order valence-electron chi connectivity index (χ1n) is 6.11. The minimum atomic E-state index is -0.946. The van der Waals surface area contributed by atoms with Crippen LogP contribution in [0.4, 0.5) is 5.69 Å². The minimum Gasteiger partial charge on any atom is -0.384 e. The number of thiocarbonyl (C=S) groups is 1. The average molecular weight is 317 g/mol. The molecule has 112 valence electrons. The van der Waals surface area contributed by atoms with Crippen molar-refractivity contribution in [3.8, 4) is 6.07 Å². The summed E-state index contributed by atoms with van der Waals surface area (Å²) in [6, 6.07) is 7.41. The topological polar surface area (TPSA) is 148 Å². The molecule has 2 rings (SSSR count). The van der Waals surface area contributed by atoms with Crippen molar-refractivity contribution in [2.75, 3.05) is 0 Å². The fourth-order valence-electron chi connectivity index (χ4n) is 2.35. The van der Waals surface area contributed by atoms with Gasteiger partial charge in [0, 0.05) is 18.1 Å². The Labute approximate surface area is 130 Å². The van der Waals surface area contributed by atoms with Crippen molar-refractivity contribution >= 4 is 28.8 Å². The second kappa shape index (κ2) is 5.79. The van der Waals surface area contributed by atoms with Gasteiger partial charge in [0.15, 0.2) is 0 Å². The Kier molecular flexibility index (Phi) is 4.05. The number of nitro groups is 1. The molecule has 9 heteroatoms. The van der Waals surface area contributed by atoms with E-state index in [4.69, 9.17) is 23.7 Å². The van der Waals surface area contributed by atoms with Crippen LogP contribution in [-0.4, -0.2) is 15.8 Å². The van der Waals surface area contributed by atoms with Crippen LogP contribution in [0.5, 0.6) is 0 Å².